The molecule has 0 aromatic rings. The molecule has 0 aromatic heterocycles. The van der Waals surface area contributed by atoms with Crippen molar-refractivity contribution in [3.05, 3.63) is 0 Å². The minimum Gasteiger partial charge on any atom is -0.377 e. The normalized spacial score (nSPS) is 34.4. The molecule has 0 aromatic carbocycles. The lowest BCUT2D eigenvalue weighted by atomic mass is 9.88. The zero-order valence-electron chi connectivity index (χ0n) is 9.02. The van der Waals surface area contributed by atoms with Gasteiger partial charge in [-0.15, -0.1) is 0 Å². The van der Waals surface area contributed by atoms with Crippen LogP contribution in [0.3, 0.4) is 0 Å². The molecular formula is C9H19O4P. The van der Waals surface area contributed by atoms with Gasteiger partial charge in [0.2, 0.25) is 0 Å². The molecule has 0 atom stereocenters. The van der Waals surface area contributed by atoms with Crippen molar-refractivity contribution in [3.8, 4) is 0 Å². The van der Waals surface area contributed by atoms with Gasteiger partial charge in [-0.3, -0.25) is 4.57 Å². The van der Waals surface area contributed by atoms with Gasteiger partial charge in [0.25, 0.3) is 0 Å². The average molecular weight is 222 g/mol. The van der Waals surface area contributed by atoms with Crippen molar-refractivity contribution in [2.75, 3.05) is 14.2 Å². The number of rotatable bonds is 3. The molecule has 0 spiro atoms. The lowest BCUT2D eigenvalue weighted by Gasteiger charge is -2.37. The molecular weight excluding hydrogens is 203 g/mol. The van der Waals surface area contributed by atoms with E-state index in [0.29, 0.717) is 18.8 Å². The summed E-state index contributed by atoms with van der Waals surface area (Å²) in [6, 6.07) is 0. The predicted octanol–water partition coefficient (Wildman–Crippen LogP) is 2.37. The van der Waals surface area contributed by atoms with Crippen molar-refractivity contribution in [1.82, 2.24) is 0 Å². The van der Waals surface area contributed by atoms with Crippen LogP contribution in [0.2, 0.25) is 0 Å². The molecule has 0 radical (unpaired) electrons. The van der Waals surface area contributed by atoms with Crippen molar-refractivity contribution in [2.24, 2.45) is 5.92 Å². The molecule has 0 saturated heterocycles. The minimum absolute atomic E-state index is 0.493. The minimum atomic E-state index is -3.34. The Hall–Kier alpha value is 0.110. The highest BCUT2D eigenvalue weighted by molar-refractivity contribution is 7.55. The molecule has 1 fully saturated rings. The lowest BCUT2D eigenvalue weighted by Crippen LogP contribution is -2.34. The Balaban J connectivity index is 2.79. The van der Waals surface area contributed by atoms with E-state index in [4.69, 9.17) is 9.05 Å². The van der Waals surface area contributed by atoms with Gasteiger partial charge in [0.1, 0.15) is 0 Å². The fraction of sp³-hybridized carbons (Fsp3) is 1.00. The first-order chi connectivity index (χ1) is 6.47. The average Bonchev–Trinajstić information content (AvgIpc) is 2.21. The van der Waals surface area contributed by atoms with Crippen molar-refractivity contribution in [1.29, 1.82) is 0 Å². The molecule has 0 aliphatic heterocycles. The van der Waals surface area contributed by atoms with E-state index in [1.165, 1.54) is 14.2 Å². The molecule has 84 valence electrons. The third-order valence-corrected chi connectivity index (χ3v) is 5.49. The molecule has 0 bridgehead atoms. The van der Waals surface area contributed by atoms with E-state index in [9.17, 15) is 9.67 Å². The summed E-state index contributed by atoms with van der Waals surface area (Å²) in [5.74, 6) is 0.581. The summed E-state index contributed by atoms with van der Waals surface area (Å²) >= 11 is 0. The molecule has 0 amide bonds. The van der Waals surface area contributed by atoms with Gasteiger partial charge in [-0.1, -0.05) is 6.92 Å². The number of aliphatic hydroxyl groups is 1. The standard InChI is InChI=1S/C9H19O4P/c1-8-4-6-9(10,7-5-8)14(11,12-2)13-3/h8,10H,4-7H2,1-3H3. The third-order valence-electron chi connectivity index (χ3n) is 3.07. The summed E-state index contributed by atoms with van der Waals surface area (Å²) in [4.78, 5) is 0. The van der Waals surface area contributed by atoms with Crippen LogP contribution in [0.5, 0.6) is 0 Å². The van der Waals surface area contributed by atoms with E-state index in [0.717, 1.165) is 12.8 Å². The molecule has 14 heavy (non-hydrogen) atoms. The van der Waals surface area contributed by atoms with E-state index in [1.807, 2.05) is 0 Å². The van der Waals surface area contributed by atoms with Crippen LogP contribution in [-0.2, 0) is 13.6 Å². The van der Waals surface area contributed by atoms with E-state index >= 15 is 0 Å². The van der Waals surface area contributed by atoms with Gasteiger partial charge in [0.15, 0.2) is 5.34 Å². The number of hydrogen-bond donors (Lipinski definition) is 1. The third kappa shape index (κ3) is 2.03. The summed E-state index contributed by atoms with van der Waals surface area (Å²) < 4.78 is 21.7. The quantitative estimate of drug-likeness (QED) is 0.745. The Labute approximate surface area is 85.1 Å². The van der Waals surface area contributed by atoms with Gasteiger partial charge in [-0.25, -0.2) is 0 Å². The smallest absolute Gasteiger partial charge is 0.361 e. The summed E-state index contributed by atoms with van der Waals surface area (Å²) in [6.45, 7) is 2.13. The van der Waals surface area contributed by atoms with E-state index in [1.54, 1.807) is 0 Å². The summed E-state index contributed by atoms with van der Waals surface area (Å²) in [5, 5.41) is 8.92. The topological polar surface area (TPSA) is 55.8 Å². The maximum absolute atomic E-state index is 12.0. The lowest BCUT2D eigenvalue weighted by molar-refractivity contribution is 0.0345. The Morgan fingerprint density at radius 3 is 2.07 bits per heavy atom. The molecule has 1 aliphatic rings. The van der Waals surface area contributed by atoms with E-state index in [-0.39, 0.29) is 0 Å². The Morgan fingerprint density at radius 1 is 1.29 bits per heavy atom. The molecule has 0 heterocycles. The molecule has 4 nitrogen and oxygen atoms in total. The molecule has 5 heteroatoms. The largest absolute Gasteiger partial charge is 0.377 e. The highest BCUT2D eigenvalue weighted by Gasteiger charge is 2.49. The van der Waals surface area contributed by atoms with Crippen LogP contribution >= 0.6 is 7.60 Å². The van der Waals surface area contributed by atoms with Gasteiger partial charge in [0.05, 0.1) is 0 Å². The predicted molar refractivity (Wildman–Crippen MR) is 54.2 cm³/mol. The first-order valence-corrected chi connectivity index (χ1v) is 6.46. The van der Waals surface area contributed by atoms with Crippen molar-refractivity contribution >= 4 is 7.60 Å². The zero-order chi connectivity index (χ0) is 10.8. The fourth-order valence-electron chi connectivity index (χ4n) is 1.91. The highest BCUT2D eigenvalue weighted by Crippen LogP contribution is 2.63. The molecule has 1 N–H and O–H groups in total. The number of hydrogen-bond acceptors (Lipinski definition) is 4. The van der Waals surface area contributed by atoms with Gasteiger partial charge in [-0.2, -0.15) is 0 Å². The molecule has 1 aliphatic carbocycles. The van der Waals surface area contributed by atoms with Crippen LogP contribution < -0.4 is 0 Å². The van der Waals surface area contributed by atoms with Crippen LogP contribution in [0.4, 0.5) is 0 Å². The second kappa shape index (κ2) is 4.31. The maximum Gasteiger partial charge on any atom is 0.361 e. The van der Waals surface area contributed by atoms with Crippen LogP contribution in [0.15, 0.2) is 0 Å². The van der Waals surface area contributed by atoms with Crippen molar-refractivity contribution < 1.29 is 18.7 Å². The van der Waals surface area contributed by atoms with Gasteiger partial charge >= 0.3 is 7.60 Å². The van der Waals surface area contributed by atoms with E-state index < -0.39 is 12.9 Å². The Bertz CT molecular complexity index is 225. The first kappa shape index (κ1) is 12.2. The second-order valence-corrected chi connectivity index (χ2v) is 6.59. The summed E-state index contributed by atoms with van der Waals surface area (Å²) in [6.07, 6.45) is 2.72. The van der Waals surface area contributed by atoms with Gasteiger partial charge < -0.3 is 14.2 Å². The maximum atomic E-state index is 12.0. The van der Waals surface area contributed by atoms with Crippen LogP contribution in [0.25, 0.3) is 0 Å². The second-order valence-electron chi connectivity index (χ2n) is 4.03. The van der Waals surface area contributed by atoms with Crippen LogP contribution in [0.1, 0.15) is 32.6 Å². The Kier molecular flexibility index (Phi) is 3.75. The molecule has 0 unspecified atom stereocenters. The highest BCUT2D eigenvalue weighted by atomic mass is 31.2. The monoisotopic (exact) mass is 222 g/mol. The van der Waals surface area contributed by atoms with Gasteiger partial charge in [-0.05, 0) is 31.6 Å². The first-order valence-electron chi connectivity index (χ1n) is 4.91. The van der Waals surface area contributed by atoms with Crippen LogP contribution in [-0.4, -0.2) is 24.7 Å². The van der Waals surface area contributed by atoms with E-state index in [2.05, 4.69) is 6.92 Å². The SMILES string of the molecule is COP(=O)(OC)C1(O)CCC(C)CC1. The summed E-state index contributed by atoms with van der Waals surface area (Å²) in [5.41, 5.74) is 0. The molecule has 1 rings (SSSR count). The Morgan fingerprint density at radius 2 is 1.71 bits per heavy atom. The zero-order valence-corrected chi connectivity index (χ0v) is 9.92. The summed E-state index contributed by atoms with van der Waals surface area (Å²) in [7, 11) is -0.700. The van der Waals surface area contributed by atoms with Crippen LogP contribution in [0, 0.1) is 5.92 Å². The van der Waals surface area contributed by atoms with Gasteiger partial charge in [0, 0.05) is 14.2 Å². The van der Waals surface area contributed by atoms with Crippen molar-refractivity contribution in [2.45, 2.75) is 37.9 Å². The molecule has 1 saturated carbocycles. The fourth-order valence-corrected chi connectivity index (χ4v) is 3.55. The van der Waals surface area contributed by atoms with Crippen molar-refractivity contribution in [3.63, 3.8) is 0 Å².